The third-order valence-corrected chi connectivity index (χ3v) is 3.46. The first-order valence-electron chi connectivity index (χ1n) is 5.16. The molecule has 16 heavy (non-hydrogen) atoms. The number of carboxylic acid groups (broad SMARTS) is 1. The van der Waals surface area contributed by atoms with Gasteiger partial charge in [-0.2, -0.15) is 0 Å². The fourth-order valence-corrected chi connectivity index (χ4v) is 2.61. The summed E-state index contributed by atoms with van der Waals surface area (Å²) in [6, 6.07) is 5.28. The molecule has 0 radical (unpaired) electrons. The van der Waals surface area contributed by atoms with Crippen LogP contribution < -0.4 is 5.32 Å². The van der Waals surface area contributed by atoms with Gasteiger partial charge in [-0.05, 0) is 35.0 Å². The normalized spacial score (nSPS) is 10.8. The summed E-state index contributed by atoms with van der Waals surface area (Å²) >= 11 is 1.59. The molecule has 1 aromatic carbocycles. The summed E-state index contributed by atoms with van der Waals surface area (Å²) in [6.45, 7) is 3.84. The average Bonchev–Trinajstić information content (AvgIpc) is 2.68. The van der Waals surface area contributed by atoms with Gasteiger partial charge >= 0.3 is 5.97 Å². The standard InChI is InChI=1S/C12H13NO2S/c1-2-13-6-9-7-16-11-5-8(12(14)15)3-4-10(9)11/h3-5,7,13H,2,6H2,1H3,(H,14,15). The predicted molar refractivity (Wildman–Crippen MR) is 66.2 cm³/mol. The van der Waals surface area contributed by atoms with E-state index in [1.807, 2.05) is 6.07 Å². The number of hydrogen-bond donors (Lipinski definition) is 2. The molecule has 2 N–H and O–H groups in total. The molecule has 1 heterocycles. The van der Waals surface area contributed by atoms with Crippen LogP contribution in [0, 0.1) is 0 Å². The van der Waals surface area contributed by atoms with Crippen LogP contribution in [0.15, 0.2) is 23.6 Å². The third-order valence-electron chi connectivity index (χ3n) is 2.47. The molecule has 0 aliphatic heterocycles. The minimum atomic E-state index is -0.872. The molecule has 2 rings (SSSR count). The van der Waals surface area contributed by atoms with Crippen molar-refractivity contribution in [3.63, 3.8) is 0 Å². The zero-order valence-electron chi connectivity index (χ0n) is 8.99. The van der Waals surface area contributed by atoms with Crippen molar-refractivity contribution in [2.45, 2.75) is 13.5 Å². The summed E-state index contributed by atoms with van der Waals surface area (Å²) in [5.41, 5.74) is 1.59. The first-order chi connectivity index (χ1) is 7.72. The van der Waals surface area contributed by atoms with Crippen molar-refractivity contribution >= 4 is 27.4 Å². The van der Waals surface area contributed by atoms with E-state index in [-0.39, 0.29) is 0 Å². The molecule has 0 saturated heterocycles. The number of hydrogen-bond acceptors (Lipinski definition) is 3. The largest absolute Gasteiger partial charge is 0.478 e. The highest BCUT2D eigenvalue weighted by molar-refractivity contribution is 7.17. The SMILES string of the molecule is CCNCc1csc2cc(C(=O)O)ccc12. The van der Waals surface area contributed by atoms with E-state index in [1.54, 1.807) is 23.5 Å². The van der Waals surface area contributed by atoms with E-state index in [2.05, 4.69) is 17.6 Å². The van der Waals surface area contributed by atoms with Gasteiger partial charge in [-0.25, -0.2) is 4.79 Å². The van der Waals surface area contributed by atoms with Gasteiger partial charge in [0.2, 0.25) is 0 Å². The molecule has 1 aromatic heterocycles. The summed E-state index contributed by atoms with van der Waals surface area (Å²) in [6.07, 6.45) is 0. The maximum Gasteiger partial charge on any atom is 0.335 e. The van der Waals surface area contributed by atoms with Crippen LogP contribution in [0.3, 0.4) is 0 Å². The van der Waals surface area contributed by atoms with E-state index in [0.29, 0.717) is 5.56 Å². The summed E-state index contributed by atoms with van der Waals surface area (Å²) < 4.78 is 1.04. The van der Waals surface area contributed by atoms with Crippen molar-refractivity contribution in [2.24, 2.45) is 0 Å². The Morgan fingerprint density at radius 1 is 1.50 bits per heavy atom. The first-order valence-corrected chi connectivity index (χ1v) is 6.04. The monoisotopic (exact) mass is 235 g/mol. The van der Waals surface area contributed by atoms with Crippen molar-refractivity contribution in [1.82, 2.24) is 5.32 Å². The smallest absolute Gasteiger partial charge is 0.335 e. The number of thiophene rings is 1. The Kier molecular flexibility index (Phi) is 3.22. The third kappa shape index (κ3) is 2.08. The van der Waals surface area contributed by atoms with Crippen molar-refractivity contribution in [3.8, 4) is 0 Å². The summed E-state index contributed by atoms with van der Waals surface area (Å²) in [7, 11) is 0. The number of carboxylic acids is 1. The zero-order valence-corrected chi connectivity index (χ0v) is 9.80. The van der Waals surface area contributed by atoms with E-state index in [0.717, 1.165) is 23.2 Å². The Hall–Kier alpha value is -1.39. The van der Waals surface area contributed by atoms with Gasteiger partial charge in [0, 0.05) is 11.2 Å². The molecule has 0 aliphatic carbocycles. The molecule has 0 amide bonds. The lowest BCUT2D eigenvalue weighted by Gasteiger charge is -2.00. The van der Waals surface area contributed by atoms with Gasteiger partial charge in [-0.15, -0.1) is 11.3 Å². The molecule has 0 saturated carbocycles. The second-order valence-electron chi connectivity index (χ2n) is 3.56. The maximum absolute atomic E-state index is 10.8. The molecule has 3 nitrogen and oxygen atoms in total. The summed E-state index contributed by atoms with van der Waals surface area (Å²) in [5.74, 6) is -0.872. The van der Waals surface area contributed by atoms with E-state index in [4.69, 9.17) is 5.11 Å². The number of benzene rings is 1. The van der Waals surface area contributed by atoms with Crippen molar-refractivity contribution in [2.75, 3.05) is 6.54 Å². The van der Waals surface area contributed by atoms with Crippen LogP contribution in [0.5, 0.6) is 0 Å². The van der Waals surface area contributed by atoms with Gasteiger partial charge in [0.25, 0.3) is 0 Å². The van der Waals surface area contributed by atoms with Gasteiger partial charge in [-0.1, -0.05) is 13.0 Å². The molecule has 2 aromatic rings. The lowest BCUT2D eigenvalue weighted by Crippen LogP contribution is -2.11. The van der Waals surface area contributed by atoms with Crippen LogP contribution in [0.1, 0.15) is 22.8 Å². The van der Waals surface area contributed by atoms with E-state index < -0.39 is 5.97 Å². The fraction of sp³-hybridized carbons (Fsp3) is 0.250. The highest BCUT2D eigenvalue weighted by atomic mass is 32.1. The van der Waals surface area contributed by atoms with Crippen LogP contribution in [0.4, 0.5) is 0 Å². The van der Waals surface area contributed by atoms with Crippen LogP contribution in [0.25, 0.3) is 10.1 Å². The van der Waals surface area contributed by atoms with Crippen molar-refractivity contribution < 1.29 is 9.90 Å². The number of fused-ring (bicyclic) bond motifs is 1. The Morgan fingerprint density at radius 2 is 2.31 bits per heavy atom. The highest BCUT2D eigenvalue weighted by Gasteiger charge is 2.07. The lowest BCUT2D eigenvalue weighted by molar-refractivity contribution is 0.0697. The molecular weight excluding hydrogens is 222 g/mol. The molecule has 0 aliphatic rings. The van der Waals surface area contributed by atoms with Crippen molar-refractivity contribution in [1.29, 1.82) is 0 Å². The Labute approximate surface area is 97.7 Å². The molecule has 0 spiro atoms. The molecule has 84 valence electrons. The zero-order chi connectivity index (χ0) is 11.5. The number of rotatable bonds is 4. The molecule has 0 unspecified atom stereocenters. The van der Waals surface area contributed by atoms with Crippen LogP contribution in [0.2, 0.25) is 0 Å². The molecular formula is C12H13NO2S. The Bertz CT molecular complexity index is 519. The Balaban J connectivity index is 2.38. The van der Waals surface area contributed by atoms with E-state index >= 15 is 0 Å². The summed E-state index contributed by atoms with van der Waals surface area (Å²) in [5, 5.41) is 15.4. The van der Waals surface area contributed by atoms with E-state index in [1.165, 1.54) is 5.56 Å². The lowest BCUT2D eigenvalue weighted by atomic mass is 10.1. The van der Waals surface area contributed by atoms with Crippen molar-refractivity contribution in [3.05, 3.63) is 34.7 Å². The molecule has 0 atom stereocenters. The fourth-order valence-electron chi connectivity index (χ4n) is 1.61. The Morgan fingerprint density at radius 3 is 3.00 bits per heavy atom. The van der Waals surface area contributed by atoms with Gasteiger partial charge in [0.15, 0.2) is 0 Å². The summed E-state index contributed by atoms with van der Waals surface area (Å²) in [4.78, 5) is 10.8. The minimum Gasteiger partial charge on any atom is -0.478 e. The van der Waals surface area contributed by atoms with Gasteiger partial charge in [0.1, 0.15) is 0 Å². The number of carbonyl (C=O) groups is 1. The second-order valence-corrected chi connectivity index (χ2v) is 4.47. The molecule has 4 heteroatoms. The first kappa shape index (κ1) is 11.1. The van der Waals surface area contributed by atoms with Crippen LogP contribution in [-0.2, 0) is 6.54 Å². The van der Waals surface area contributed by atoms with E-state index in [9.17, 15) is 4.79 Å². The quantitative estimate of drug-likeness (QED) is 0.856. The van der Waals surface area contributed by atoms with Gasteiger partial charge in [0.05, 0.1) is 5.56 Å². The number of aromatic carboxylic acids is 1. The molecule has 0 fully saturated rings. The topological polar surface area (TPSA) is 49.3 Å². The van der Waals surface area contributed by atoms with Crippen LogP contribution >= 0.6 is 11.3 Å². The molecule has 0 bridgehead atoms. The van der Waals surface area contributed by atoms with Crippen LogP contribution in [-0.4, -0.2) is 17.6 Å². The maximum atomic E-state index is 10.8. The predicted octanol–water partition coefficient (Wildman–Crippen LogP) is 2.71. The highest BCUT2D eigenvalue weighted by Crippen LogP contribution is 2.26. The number of nitrogens with one attached hydrogen (secondary N) is 1. The van der Waals surface area contributed by atoms with Gasteiger partial charge < -0.3 is 10.4 Å². The second kappa shape index (κ2) is 4.63. The minimum absolute atomic E-state index is 0.351. The average molecular weight is 235 g/mol. The van der Waals surface area contributed by atoms with Gasteiger partial charge in [-0.3, -0.25) is 0 Å².